The van der Waals surface area contributed by atoms with Crippen LogP contribution in [-0.4, -0.2) is 36.1 Å². The number of hydrogen-bond acceptors (Lipinski definition) is 3. The molecule has 0 aliphatic heterocycles. The summed E-state index contributed by atoms with van der Waals surface area (Å²) in [5.74, 6) is 1.29. The highest BCUT2D eigenvalue weighted by molar-refractivity contribution is 8.00. The average Bonchev–Trinajstić information content (AvgIpc) is 2.30. The minimum atomic E-state index is 0.567. The highest BCUT2D eigenvalue weighted by atomic mass is 32.2. The van der Waals surface area contributed by atoms with Gasteiger partial charge in [0, 0.05) is 11.3 Å². The fraction of sp³-hybridized carbons (Fsp3) is 1.00. The number of nitrogens with one attached hydrogen (secondary N) is 1. The summed E-state index contributed by atoms with van der Waals surface area (Å²) in [6.07, 6.45) is 13.0. The summed E-state index contributed by atoms with van der Waals surface area (Å²) in [6.45, 7) is 2.42. The zero-order valence-electron chi connectivity index (χ0n) is 10.2. The Labute approximate surface area is 104 Å². The van der Waals surface area contributed by atoms with Crippen molar-refractivity contribution in [2.75, 3.05) is 31.4 Å². The van der Waals surface area contributed by atoms with Crippen molar-refractivity contribution in [2.24, 2.45) is 0 Å². The van der Waals surface area contributed by atoms with E-state index < -0.39 is 0 Å². The molecule has 0 unspecified atom stereocenters. The third-order valence-electron chi connectivity index (χ3n) is 3.35. The van der Waals surface area contributed by atoms with Crippen LogP contribution in [0.2, 0.25) is 0 Å². The standard InChI is InChI=1S/C12H25NS2/c1-14-10-6-9-13-11-12(15-2)7-4-3-5-8-12/h13H,3-11H2,1-2H3. The van der Waals surface area contributed by atoms with Crippen LogP contribution in [0.1, 0.15) is 38.5 Å². The van der Waals surface area contributed by atoms with Crippen molar-refractivity contribution in [3.05, 3.63) is 0 Å². The Morgan fingerprint density at radius 1 is 1.13 bits per heavy atom. The fourth-order valence-corrected chi connectivity index (χ4v) is 3.68. The molecule has 0 atom stereocenters. The van der Waals surface area contributed by atoms with Gasteiger partial charge in [-0.05, 0) is 44.1 Å². The first-order valence-corrected chi connectivity index (χ1v) is 8.70. The Hall–Kier alpha value is 0.660. The van der Waals surface area contributed by atoms with Gasteiger partial charge >= 0.3 is 0 Å². The van der Waals surface area contributed by atoms with Crippen LogP contribution in [0.15, 0.2) is 0 Å². The predicted octanol–water partition coefficient (Wildman–Crippen LogP) is 3.40. The first kappa shape index (κ1) is 13.7. The van der Waals surface area contributed by atoms with Gasteiger partial charge in [-0.25, -0.2) is 0 Å². The minimum Gasteiger partial charge on any atom is -0.315 e. The molecule has 0 aromatic carbocycles. The van der Waals surface area contributed by atoms with Gasteiger partial charge in [0.2, 0.25) is 0 Å². The first-order chi connectivity index (χ1) is 7.33. The lowest BCUT2D eigenvalue weighted by Crippen LogP contribution is -2.39. The first-order valence-electron chi connectivity index (χ1n) is 6.08. The van der Waals surface area contributed by atoms with Crippen molar-refractivity contribution in [1.29, 1.82) is 0 Å². The lowest BCUT2D eigenvalue weighted by Gasteiger charge is -2.36. The Balaban J connectivity index is 2.15. The molecular weight excluding hydrogens is 222 g/mol. The molecule has 1 saturated carbocycles. The maximum absolute atomic E-state index is 3.65. The van der Waals surface area contributed by atoms with E-state index >= 15 is 0 Å². The third kappa shape index (κ3) is 5.01. The minimum absolute atomic E-state index is 0.567. The molecule has 3 heteroatoms. The molecule has 1 N–H and O–H groups in total. The SMILES string of the molecule is CSCCCNCC1(SC)CCCCC1. The fourth-order valence-electron chi connectivity index (χ4n) is 2.31. The molecule has 1 aliphatic carbocycles. The summed E-state index contributed by atoms with van der Waals surface area (Å²) >= 11 is 4.04. The molecule has 0 aromatic rings. The second-order valence-corrected chi connectivity index (χ2v) is 6.73. The third-order valence-corrected chi connectivity index (χ3v) is 5.46. The van der Waals surface area contributed by atoms with Crippen LogP contribution in [0.3, 0.4) is 0 Å². The smallest absolute Gasteiger partial charge is 0.0281 e. The van der Waals surface area contributed by atoms with E-state index in [2.05, 4.69) is 29.6 Å². The largest absolute Gasteiger partial charge is 0.315 e. The van der Waals surface area contributed by atoms with Crippen molar-refractivity contribution in [3.63, 3.8) is 0 Å². The van der Waals surface area contributed by atoms with Crippen molar-refractivity contribution in [3.8, 4) is 0 Å². The second kappa shape index (κ2) is 7.86. The Morgan fingerprint density at radius 2 is 1.87 bits per heavy atom. The van der Waals surface area contributed by atoms with Crippen LogP contribution in [0, 0.1) is 0 Å². The maximum atomic E-state index is 3.65. The molecule has 0 radical (unpaired) electrons. The van der Waals surface area contributed by atoms with E-state index in [1.807, 2.05) is 11.8 Å². The van der Waals surface area contributed by atoms with E-state index in [0.717, 1.165) is 0 Å². The molecule has 0 spiro atoms. The molecular formula is C12H25NS2. The molecule has 1 rings (SSSR count). The predicted molar refractivity (Wildman–Crippen MR) is 75.2 cm³/mol. The van der Waals surface area contributed by atoms with Crippen LogP contribution in [-0.2, 0) is 0 Å². The molecule has 90 valence electrons. The summed E-state index contributed by atoms with van der Waals surface area (Å²) in [4.78, 5) is 0. The quantitative estimate of drug-likeness (QED) is 0.693. The summed E-state index contributed by atoms with van der Waals surface area (Å²) in [5.41, 5.74) is 0. The Morgan fingerprint density at radius 3 is 2.47 bits per heavy atom. The van der Waals surface area contributed by atoms with Gasteiger partial charge in [0.15, 0.2) is 0 Å². The Kier molecular flexibility index (Phi) is 7.19. The monoisotopic (exact) mass is 247 g/mol. The van der Waals surface area contributed by atoms with Crippen molar-refractivity contribution in [2.45, 2.75) is 43.3 Å². The topological polar surface area (TPSA) is 12.0 Å². The van der Waals surface area contributed by atoms with Crippen LogP contribution in [0.25, 0.3) is 0 Å². The molecule has 0 saturated heterocycles. The van der Waals surface area contributed by atoms with Gasteiger partial charge in [0.1, 0.15) is 0 Å². The van der Waals surface area contributed by atoms with Gasteiger partial charge in [-0.1, -0.05) is 19.3 Å². The molecule has 0 amide bonds. The van der Waals surface area contributed by atoms with Gasteiger partial charge in [0.25, 0.3) is 0 Å². The van der Waals surface area contributed by atoms with Crippen molar-refractivity contribution in [1.82, 2.24) is 5.32 Å². The van der Waals surface area contributed by atoms with E-state index in [-0.39, 0.29) is 0 Å². The van der Waals surface area contributed by atoms with E-state index in [4.69, 9.17) is 0 Å². The number of rotatable bonds is 7. The number of hydrogen-bond donors (Lipinski definition) is 1. The molecule has 15 heavy (non-hydrogen) atoms. The molecule has 0 aromatic heterocycles. The summed E-state index contributed by atoms with van der Waals surface area (Å²) in [6, 6.07) is 0. The highest BCUT2D eigenvalue weighted by Gasteiger charge is 2.30. The van der Waals surface area contributed by atoms with E-state index in [0.29, 0.717) is 4.75 Å². The van der Waals surface area contributed by atoms with Gasteiger partial charge < -0.3 is 5.32 Å². The molecule has 0 heterocycles. The molecule has 1 fully saturated rings. The van der Waals surface area contributed by atoms with Crippen LogP contribution in [0.4, 0.5) is 0 Å². The van der Waals surface area contributed by atoms with Crippen LogP contribution in [0.5, 0.6) is 0 Å². The summed E-state index contributed by atoms with van der Waals surface area (Å²) in [5, 5.41) is 3.65. The second-order valence-electron chi connectivity index (χ2n) is 4.47. The molecule has 0 bridgehead atoms. The normalized spacial score (nSPS) is 20.4. The van der Waals surface area contributed by atoms with Gasteiger partial charge in [0.05, 0.1) is 0 Å². The average molecular weight is 247 g/mol. The molecule has 1 nitrogen and oxygen atoms in total. The van der Waals surface area contributed by atoms with Crippen molar-refractivity contribution >= 4 is 23.5 Å². The van der Waals surface area contributed by atoms with Gasteiger partial charge in [-0.3, -0.25) is 0 Å². The Bertz CT molecular complexity index is 156. The van der Waals surface area contributed by atoms with E-state index in [1.54, 1.807) is 0 Å². The molecule has 1 aliphatic rings. The van der Waals surface area contributed by atoms with Crippen LogP contribution >= 0.6 is 23.5 Å². The van der Waals surface area contributed by atoms with E-state index in [9.17, 15) is 0 Å². The summed E-state index contributed by atoms with van der Waals surface area (Å²) < 4.78 is 0.567. The number of thioether (sulfide) groups is 2. The van der Waals surface area contributed by atoms with Crippen LogP contribution < -0.4 is 5.32 Å². The lowest BCUT2D eigenvalue weighted by atomic mass is 9.88. The summed E-state index contributed by atoms with van der Waals surface area (Å²) in [7, 11) is 0. The lowest BCUT2D eigenvalue weighted by molar-refractivity contribution is 0.380. The maximum Gasteiger partial charge on any atom is 0.0281 e. The van der Waals surface area contributed by atoms with Crippen molar-refractivity contribution < 1.29 is 0 Å². The zero-order chi connectivity index (χ0) is 11.0. The van der Waals surface area contributed by atoms with Gasteiger partial charge in [-0.2, -0.15) is 23.5 Å². The zero-order valence-corrected chi connectivity index (χ0v) is 11.8. The van der Waals surface area contributed by atoms with Gasteiger partial charge in [-0.15, -0.1) is 0 Å². The van der Waals surface area contributed by atoms with E-state index in [1.165, 1.54) is 57.4 Å². The highest BCUT2D eigenvalue weighted by Crippen LogP contribution is 2.37.